The summed E-state index contributed by atoms with van der Waals surface area (Å²) in [5.74, 6) is 1.38. The molecule has 0 aliphatic rings. The van der Waals surface area contributed by atoms with Crippen LogP contribution in [0.4, 0.5) is 0 Å². The topological polar surface area (TPSA) is 30.5 Å². The van der Waals surface area contributed by atoms with Crippen LogP contribution in [-0.2, 0) is 6.54 Å². The molecule has 0 aliphatic carbocycles. The Morgan fingerprint density at radius 3 is 2.43 bits per heavy atom. The zero-order chi connectivity index (χ0) is 15.9. The average Bonchev–Trinajstić information content (AvgIpc) is 2.45. The molecular formula is C17H28ClNO2. The van der Waals surface area contributed by atoms with E-state index in [2.05, 4.69) is 33.0 Å². The van der Waals surface area contributed by atoms with E-state index in [-0.39, 0.29) is 5.54 Å². The zero-order valence-electron chi connectivity index (χ0n) is 13.9. The van der Waals surface area contributed by atoms with Crippen molar-refractivity contribution >= 4 is 11.6 Å². The summed E-state index contributed by atoms with van der Waals surface area (Å²) in [6.07, 6.45) is 2.01. The molecule has 3 nitrogen and oxygen atoms in total. The third-order valence-electron chi connectivity index (χ3n) is 3.47. The Bertz CT molecular complexity index is 447. The summed E-state index contributed by atoms with van der Waals surface area (Å²) in [6, 6.07) is 3.97. The highest BCUT2D eigenvalue weighted by Gasteiger charge is 2.16. The highest BCUT2D eigenvalue weighted by atomic mass is 35.5. The van der Waals surface area contributed by atoms with Crippen molar-refractivity contribution < 1.29 is 9.47 Å². The van der Waals surface area contributed by atoms with Crippen LogP contribution in [-0.4, -0.2) is 18.8 Å². The molecule has 21 heavy (non-hydrogen) atoms. The van der Waals surface area contributed by atoms with Gasteiger partial charge in [-0.05, 0) is 51.3 Å². The number of hydrogen-bond donors (Lipinski definition) is 1. The lowest BCUT2D eigenvalue weighted by atomic mass is 10.0. The predicted molar refractivity (Wildman–Crippen MR) is 89.6 cm³/mol. The molecule has 0 atom stereocenters. The van der Waals surface area contributed by atoms with Crippen LogP contribution in [0.15, 0.2) is 12.1 Å². The molecule has 1 N–H and O–H groups in total. The van der Waals surface area contributed by atoms with Crippen LogP contribution in [0, 0.1) is 0 Å². The van der Waals surface area contributed by atoms with Crippen molar-refractivity contribution in [3.05, 3.63) is 22.7 Å². The van der Waals surface area contributed by atoms with Crippen molar-refractivity contribution in [2.45, 2.75) is 59.5 Å². The largest absolute Gasteiger partial charge is 0.490 e. The number of benzene rings is 1. The zero-order valence-corrected chi connectivity index (χ0v) is 14.6. The van der Waals surface area contributed by atoms with Gasteiger partial charge < -0.3 is 14.8 Å². The lowest BCUT2D eigenvalue weighted by Gasteiger charge is -2.25. The van der Waals surface area contributed by atoms with E-state index >= 15 is 0 Å². The number of halogens is 1. The fraction of sp³-hybridized carbons (Fsp3) is 0.647. The van der Waals surface area contributed by atoms with Crippen LogP contribution in [0.1, 0.15) is 53.0 Å². The molecule has 0 saturated heterocycles. The van der Waals surface area contributed by atoms with Crippen LogP contribution in [0.25, 0.3) is 0 Å². The van der Waals surface area contributed by atoms with Crippen LogP contribution in [0.5, 0.6) is 11.5 Å². The minimum Gasteiger partial charge on any atom is -0.490 e. The molecule has 0 radical (unpaired) electrons. The lowest BCUT2D eigenvalue weighted by Crippen LogP contribution is -2.37. The van der Waals surface area contributed by atoms with E-state index in [1.54, 1.807) is 0 Å². The van der Waals surface area contributed by atoms with Gasteiger partial charge in [0.15, 0.2) is 11.5 Å². The Labute approximate surface area is 134 Å². The monoisotopic (exact) mass is 313 g/mol. The standard InChI is InChI=1S/C17H28ClNO2/c1-6-9-21-16-14(18)10-13(11-15(16)20-8-3)12-19-17(4,5)7-2/h10-11,19H,6-9,12H2,1-5H3. The van der Waals surface area contributed by atoms with Gasteiger partial charge in [-0.15, -0.1) is 0 Å². The second-order valence-electron chi connectivity index (χ2n) is 5.78. The Kier molecular flexibility index (Phi) is 7.33. The molecule has 0 bridgehead atoms. The van der Waals surface area contributed by atoms with Gasteiger partial charge in [0.25, 0.3) is 0 Å². The second-order valence-corrected chi connectivity index (χ2v) is 6.18. The van der Waals surface area contributed by atoms with Gasteiger partial charge in [0, 0.05) is 12.1 Å². The van der Waals surface area contributed by atoms with E-state index in [4.69, 9.17) is 21.1 Å². The highest BCUT2D eigenvalue weighted by molar-refractivity contribution is 6.32. The van der Waals surface area contributed by atoms with Crippen molar-refractivity contribution in [3.8, 4) is 11.5 Å². The van der Waals surface area contributed by atoms with E-state index in [0.29, 0.717) is 24.0 Å². The summed E-state index contributed by atoms with van der Waals surface area (Å²) in [6.45, 7) is 12.6. The Hall–Kier alpha value is -0.930. The van der Waals surface area contributed by atoms with Gasteiger partial charge in [-0.3, -0.25) is 0 Å². The summed E-state index contributed by atoms with van der Waals surface area (Å²) < 4.78 is 11.4. The fourth-order valence-electron chi connectivity index (χ4n) is 1.80. The molecule has 0 saturated carbocycles. The summed E-state index contributed by atoms with van der Waals surface area (Å²) >= 11 is 6.36. The van der Waals surface area contributed by atoms with Crippen LogP contribution in [0.2, 0.25) is 5.02 Å². The number of nitrogens with one attached hydrogen (secondary N) is 1. The lowest BCUT2D eigenvalue weighted by molar-refractivity contribution is 0.276. The Morgan fingerprint density at radius 1 is 1.14 bits per heavy atom. The van der Waals surface area contributed by atoms with Crippen molar-refractivity contribution in [1.82, 2.24) is 5.32 Å². The van der Waals surface area contributed by atoms with Crippen LogP contribution < -0.4 is 14.8 Å². The maximum Gasteiger partial charge on any atom is 0.179 e. The molecular weight excluding hydrogens is 286 g/mol. The molecule has 0 spiro atoms. The molecule has 0 heterocycles. The number of ether oxygens (including phenoxy) is 2. The SMILES string of the molecule is CCCOc1c(Cl)cc(CNC(C)(C)CC)cc1OCC. The fourth-order valence-corrected chi connectivity index (χ4v) is 2.08. The molecule has 120 valence electrons. The normalized spacial score (nSPS) is 11.5. The summed E-state index contributed by atoms with van der Waals surface area (Å²) in [5.41, 5.74) is 1.21. The van der Waals surface area contributed by atoms with Crippen molar-refractivity contribution in [2.24, 2.45) is 0 Å². The van der Waals surface area contributed by atoms with Crippen molar-refractivity contribution in [3.63, 3.8) is 0 Å². The van der Waals surface area contributed by atoms with Gasteiger partial charge in [-0.25, -0.2) is 0 Å². The molecule has 0 amide bonds. The molecule has 1 aromatic carbocycles. The summed E-state index contributed by atoms with van der Waals surface area (Å²) in [5, 5.41) is 4.14. The first-order chi connectivity index (χ1) is 9.93. The maximum absolute atomic E-state index is 6.36. The average molecular weight is 314 g/mol. The molecule has 1 aromatic rings. The van der Waals surface area contributed by atoms with Crippen molar-refractivity contribution in [2.75, 3.05) is 13.2 Å². The molecule has 0 fully saturated rings. The van der Waals surface area contributed by atoms with Crippen molar-refractivity contribution in [1.29, 1.82) is 0 Å². The van der Waals surface area contributed by atoms with Gasteiger partial charge in [0.05, 0.1) is 18.2 Å². The van der Waals surface area contributed by atoms with E-state index in [0.717, 1.165) is 30.7 Å². The quantitative estimate of drug-likeness (QED) is 0.710. The first-order valence-electron chi connectivity index (χ1n) is 7.76. The first-order valence-corrected chi connectivity index (χ1v) is 8.14. The minimum atomic E-state index is 0.107. The van der Waals surface area contributed by atoms with Gasteiger partial charge >= 0.3 is 0 Å². The predicted octanol–water partition coefficient (Wildman–Crippen LogP) is 4.81. The third-order valence-corrected chi connectivity index (χ3v) is 3.76. The second kappa shape index (κ2) is 8.50. The van der Waals surface area contributed by atoms with E-state index in [1.165, 1.54) is 0 Å². The van der Waals surface area contributed by atoms with E-state index in [9.17, 15) is 0 Å². The molecule has 4 heteroatoms. The smallest absolute Gasteiger partial charge is 0.179 e. The Morgan fingerprint density at radius 2 is 1.86 bits per heavy atom. The molecule has 0 aromatic heterocycles. The highest BCUT2D eigenvalue weighted by Crippen LogP contribution is 2.37. The third kappa shape index (κ3) is 5.76. The molecule has 1 rings (SSSR count). The van der Waals surface area contributed by atoms with E-state index in [1.807, 2.05) is 19.1 Å². The summed E-state index contributed by atoms with van der Waals surface area (Å²) in [7, 11) is 0. The van der Waals surface area contributed by atoms with Crippen LogP contribution in [0.3, 0.4) is 0 Å². The Balaban J connectivity index is 2.92. The molecule has 0 aliphatic heterocycles. The first kappa shape index (κ1) is 18.1. The summed E-state index contributed by atoms with van der Waals surface area (Å²) in [4.78, 5) is 0. The van der Waals surface area contributed by atoms with Gasteiger partial charge in [-0.2, -0.15) is 0 Å². The van der Waals surface area contributed by atoms with Gasteiger partial charge in [0.1, 0.15) is 0 Å². The van der Waals surface area contributed by atoms with Crippen LogP contribution >= 0.6 is 11.6 Å². The minimum absolute atomic E-state index is 0.107. The van der Waals surface area contributed by atoms with Gasteiger partial charge in [-0.1, -0.05) is 25.4 Å². The van der Waals surface area contributed by atoms with Gasteiger partial charge in [0.2, 0.25) is 0 Å². The number of rotatable bonds is 9. The maximum atomic E-state index is 6.36. The number of hydrogen-bond acceptors (Lipinski definition) is 3. The molecule has 0 unspecified atom stereocenters. The van der Waals surface area contributed by atoms with E-state index < -0.39 is 0 Å².